The summed E-state index contributed by atoms with van der Waals surface area (Å²) < 4.78 is 0. The summed E-state index contributed by atoms with van der Waals surface area (Å²) >= 11 is 1.82. The Kier molecular flexibility index (Phi) is 5.28. The molecule has 0 saturated carbocycles. The van der Waals surface area contributed by atoms with Crippen LogP contribution in [0.1, 0.15) is 23.0 Å². The highest BCUT2D eigenvalue weighted by molar-refractivity contribution is 7.98. The van der Waals surface area contributed by atoms with E-state index in [-0.39, 0.29) is 5.56 Å². The molecule has 0 aliphatic heterocycles. The van der Waals surface area contributed by atoms with E-state index in [2.05, 4.69) is 23.5 Å². The summed E-state index contributed by atoms with van der Waals surface area (Å²) in [5.74, 6) is 1.46. The van der Waals surface area contributed by atoms with Crippen LogP contribution in [0.5, 0.6) is 0 Å². The van der Waals surface area contributed by atoms with Crippen LogP contribution in [0.2, 0.25) is 0 Å². The molecule has 1 atom stereocenters. The van der Waals surface area contributed by atoms with E-state index in [1.165, 1.54) is 0 Å². The SMILES string of the molecule is CSCC(C)CNc1ccc(C(=O)O)c(C)n1. The van der Waals surface area contributed by atoms with Crippen molar-refractivity contribution in [2.75, 3.05) is 23.9 Å². The van der Waals surface area contributed by atoms with Gasteiger partial charge in [-0.2, -0.15) is 11.8 Å². The molecule has 0 radical (unpaired) electrons. The van der Waals surface area contributed by atoms with Crippen LogP contribution in [0, 0.1) is 12.8 Å². The molecule has 2 N–H and O–H groups in total. The lowest BCUT2D eigenvalue weighted by molar-refractivity contribution is 0.0695. The quantitative estimate of drug-likeness (QED) is 0.816. The van der Waals surface area contributed by atoms with Gasteiger partial charge in [0.15, 0.2) is 0 Å². The van der Waals surface area contributed by atoms with E-state index in [9.17, 15) is 4.79 Å². The first-order chi connectivity index (χ1) is 8.04. The average molecular weight is 254 g/mol. The minimum absolute atomic E-state index is 0.257. The van der Waals surface area contributed by atoms with Crippen LogP contribution in [-0.4, -0.2) is 34.6 Å². The number of carbonyl (C=O) groups is 1. The Morgan fingerprint density at radius 2 is 2.29 bits per heavy atom. The number of nitrogens with zero attached hydrogens (tertiary/aromatic N) is 1. The van der Waals surface area contributed by atoms with Crippen LogP contribution in [-0.2, 0) is 0 Å². The van der Waals surface area contributed by atoms with E-state index in [0.717, 1.165) is 18.1 Å². The Labute approximate surface area is 106 Å². The normalized spacial score (nSPS) is 12.2. The summed E-state index contributed by atoms with van der Waals surface area (Å²) in [6.45, 7) is 4.72. The Morgan fingerprint density at radius 1 is 1.59 bits per heavy atom. The molecule has 94 valence electrons. The molecular formula is C12H18N2O2S. The monoisotopic (exact) mass is 254 g/mol. The zero-order valence-corrected chi connectivity index (χ0v) is 11.2. The van der Waals surface area contributed by atoms with Crippen LogP contribution in [0.4, 0.5) is 5.82 Å². The Hall–Kier alpha value is -1.23. The number of carboxylic acids is 1. The first-order valence-electron chi connectivity index (χ1n) is 5.48. The van der Waals surface area contributed by atoms with Gasteiger partial charge in [0, 0.05) is 6.54 Å². The fourth-order valence-corrected chi connectivity index (χ4v) is 2.19. The molecular weight excluding hydrogens is 236 g/mol. The number of aromatic nitrogens is 1. The van der Waals surface area contributed by atoms with E-state index in [1.807, 2.05) is 11.8 Å². The van der Waals surface area contributed by atoms with Gasteiger partial charge in [-0.1, -0.05) is 6.92 Å². The smallest absolute Gasteiger partial charge is 0.337 e. The highest BCUT2D eigenvalue weighted by atomic mass is 32.2. The third-order valence-electron chi connectivity index (χ3n) is 2.40. The molecule has 0 aromatic carbocycles. The molecule has 0 aliphatic carbocycles. The molecule has 0 saturated heterocycles. The van der Waals surface area contributed by atoms with Crippen molar-refractivity contribution in [3.63, 3.8) is 0 Å². The second-order valence-electron chi connectivity index (χ2n) is 4.08. The van der Waals surface area contributed by atoms with Crippen molar-refractivity contribution in [2.45, 2.75) is 13.8 Å². The van der Waals surface area contributed by atoms with Gasteiger partial charge in [-0.05, 0) is 37.0 Å². The number of hydrogen-bond acceptors (Lipinski definition) is 4. The number of aryl methyl sites for hydroxylation is 1. The van der Waals surface area contributed by atoms with E-state index in [0.29, 0.717) is 11.6 Å². The fourth-order valence-electron chi connectivity index (χ4n) is 1.51. The first kappa shape index (κ1) is 13.8. The van der Waals surface area contributed by atoms with Gasteiger partial charge < -0.3 is 10.4 Å². The van der Waals surface area contributed by atoms with Crippen LogP contribution < -0.4 is 5.32 Å². The third-order valence-corrected chi connectivity index (χ3v) is 3.30. The maximum absolute atomic E-state index is 10.8. The van der Waals surface area contributed by atoms with Gasteiger partial charge in [0.1, 0.15) is 5.82 Å². The zero-order valence-electron chi connectivity index (χ0n) is 10.4. The molecule has 1 unspecified atom stereocenters. The van der Waals surface area contributed by atoms with Crippen molar-refractivity contribution in [3.8, 4) is 0 Å². The van der Waals surface area contributed by atoms with E-state index in [1.54, 1.807) is 19.1 Å². The highest BCUT2D eigenvalue weighted by Gasteiger charge is 2.08. The number of carboxylic acid groups (broad SMARTS) is 1. The molecule has 5 heteroatoms. The van der Waals surface area contributed by atoms with E-state index >= 15 is 0 Å². The molecule has 0 amide bonds. The summed E-state index contributed by atoms with van der Waals surface area (Å²) in [5, 5.41) is 12.1. The first-order valence-corrected chi connectivity index (χ1v) is 6.87. The van der Waals surface area contributed by atoms with Crippen LogP contribution in [0.3, 0.4) is 0 Å². The van der Waals surface area contributed by atoms with Gasteiger partial charge in [0.2, 0.25) is 0 Å². The minimum atomic E-state index is -0.933. The van der Waals surface area contributed by atoms with Gasteiger partial charge in [-0.25, -0.2) is 9.78 Å². The number of thioether (sulfide) groups is 1. The topological polar surface area (TPSA) is 62.2 Å². The van der Waals surface area contributed by atoms with Crippen LogP contribution in [0.15, 0.2) is 12.1 Å². The second-order valence-corrected chi connectivity index (χ2v) is 4.99. The molecule has 1 aromatic heterocycles. The standard InChI is InChI=1S/C12H18N2O2S/c1-8(7-17-3)6-13-11-5-4-10(12(15)16)9(2)14-11/h4-5,8H,6-7H2,1-3H3,(H,13,14)(H,15,16). The van der Waals surface area contributed by atoms with Crippen LogP contribution >= 0.6 is 11.8 Å². The molecule has 1 heterocycles. The predicted octanol–water partition coefficient (Wildman–Crippen LogP) is 2.50. The largest absolute Gasteiger partial charge is 0.478 e. The summed E-state index contributed by atoms with van der Waals surface area (Å²) in [7, 11) is 0. The molecule has 0 bridgehead atoms. The van der Waals surface area contributed by atoms with Gasteiger partial charge in [-0.15, -0.1) is 0 Å². The lowest BCUT2D eigenvalue weighted by atomic mass is 10.2. The van der Waals surface area contributed by atoms with Crippen molar-refractivity contribution < 1.29 is 9.90 Å². The van der Waals surface area contributed by atoms with Gasteiger partial charge in [0.05, 0.1) is 11.3 Å². The molecule has 1 rings (SSSR count). The summed E-state index contributed by atoms with van der Waals surface area (Å²) in [5.41, 5.74) is 0.799. The van der Waals surface area contributed by atoms with Crippen molar-refractivity contribution in [2.24, 2.45) is 5.92 Å². The minimum Gasteiger partial charge on any atom is -0.478 e. The average Bonchev–Trinajstić information content (AvgIpc) is 2.26. The molecule has 17 heavy (non-hydrogen) atoms. The fraction of sp³-hybridized carbons (Fsp3) is 0.500. The third kappa shape index (κ3) is 4.26. The summed E-state index contributed by atoms with van der Waals surface area (Å²) in [6.07, 6.45) is 2.08. The maximum atomic E-state index is 10.8. The molecule has 1 aromatic rings. The van der Waals surface area contributed by atoms with Crippen molar-refractivity contribution >= 4 is 23.5 Å². The number of pyridine rings is 1. The summed E-state index contributed by atoms with van der Waals surface area (Å²) in [4.78, 5) is 15.0. The maximum Gasteiger partial charge on any atom is 0.337 e. The van der Waals surface area contributed by atoms with Crippen molar-refractivity contribution in [1.29, 1.82) is 0 Å². The van der Waals surface area contributed by atoms with Crippen molar-refractivity contribution in [1.82, 2.24) is 4.98 Å². The number of anilines is 1. The molecule has 4 nitrogen and oxygen atoms in total. The number of hydrogen-bond donors (Lipinski definition) is 2. The lowest BCUT2D eigenvalue weighted by Gasteiger charge is -2.12. The Balaban J connectivity index is 2.62. The Bertz CT molecular complexity index is 396. The lowest BCUT2D eigenvalue weighted by Crippen LogP contribution is -2.14. The number of aromatic carboxylic acids is 1. The van der Waals surface area contributed by atoms with E-state index < -0.39 is 5.97 Å². The second kappa shape index (κ2) is 6.49. The highest BCUT2D eigenvalue weighted by Crippen LogP contribution is 2.12. The predicted molar refractivity (Wildman–Crippen MR) is 72.0 cm³/mol. The zero-order chi connectivity index (χ0) is 12.8. The van der Waals surface area contributed by atoms with Gasteiger partial charge >= 0.3 is 5.97 Å². The molecule has 0 fully saturated rings. The number of rotatable bonds is 6. The van der Waals surface area contributed by atoms with Crippen molar-refractivity contribution in [3.05, 3.63) is 23.4 Å². The Morgan fingerprint density at radius 3 is 2.82 bits per heavy atom. The van der Waals surface area contributed by atoms with Gasteiger partial charge in [-0.3, -0.25) is 0 Å². The summed E-state index contributed by atoms with van der Waals surface area (Å²) in [6, 6.07) is 3.30. The van der Waals surface area contributed by atoms with Gasteiger partial charge in [0.25, 0.3) is 0 Å². The van der Waals surface area contributed by atoms with E-state index in [4.69, 9.17) is 5.11 Å². The molecule has 0 spiro atoms. The molecule has 0 aliphatic rings. The number of nitrogens with one attached hydrogen (secondary N) is 1. The van der Waals surface area contributed by atoms with Crippen LogP contribution in [0.25, 0.3) is 0 Å².